The number of carbonyl (C=O) groups excluding carboxylic acids is 2. The number of sulfonamides is 1. The summed E-state index contributed by atoms with van der Waals surface area (Å²) >= 11 is 0. The standard InChI is InChI=1S/C37H43N3O4S/c1-6-20-38-37(42)35(24-31-10-8-7-9-11-31)39(25-32-16-12-27(2)13-17-32)36(41)26-40(33-22-29(4)21-30(5)23-33)45(43,44)34-18-14-28(3)15-19-34/h7-19,21-23,35H,6,20,24-26H2,1-5H3,(H,38,42)/t35-/m0/s1. The van der Waals surface area contributed by atoms with E-state index in [2.05, 4.69) is 5.32 Å². The monoisotopic (exact) mass is 625 g/mol. The van der Waals surface area contributed by atoms with Crippen LogP contribution in [0.15, 0.2) is 102 Å². The number of amides is 2. The van der Waals surface area contributed by atoms with Gasteiger partial charge in [0.15, 0.2) is 0 Å². The van der Waals surface area contributed by atoms with Crippen molar-refractivity contribution in [2.45, 2.75) is 64.9 Å². The molecule has 7 nitrogen and oxygen atoms in total. The highest BCUT2D eigenvalue weighted by Crippen LogP contribution is 2.27. The van der Waals surface area contributed by atoms with E-state index in [-0.39, 0.29) is 23.8 Å². The third-order valence-corrected chi connectivity index (χ3v) is 9.46. The number of aryl methyl sites for hydroxylation is 4. The second-order valence-electron chi connectivity index (χ2n) is 11.7. The highest BCUT2D eigenvalue weighted by molar-refractivity contribution is 7.92. The molecule has 0 aromatic heterocycles. The molecule has 0 spiro atoms. The van der Waals surface area contributed by atoms with Gasteiger partial charge in [-0.2, -0.15) is 0 Å². The van der Waals surface area contributed by atoms with Crippen molar-refractivity contribution in [1.82, 2.24) is 10.2 Å². The number of hydrogen-bond donors (Lipinski definition) is 1. The SMILES string of the molecule is CCCNC(=O)[C@H](Cc1ccccc1)N(Cc1ccc(C)cc1)C(=O)CN(c1cc(C)cc(C)c1)S(=O)(=O)c1ccc(C)cc1. The molecule has 0 heterocycles. The summed E-state index contributed by atoms with van der Waals surface area (Å²) in [5, 5.41) is 2.98. The molecule has 0 bridgehead atoms. The summed E-state index contributed by atoms with van der Waals surface area (Å²) in [6.45, 7) is 9.77. The van der Waals surface area contributed by atoms with Crippen LogP contribution in [0.2, 0.25) is 0 Å². The molecule has 236 valence electrons. The van der Waals surface area contributed by atoms with Crippen molar-refractivity contribution in [2.75, 3.05) is 17.4 Å². The highest BCUT2D eigenvalue weighted by Gasteiger charge is 2.34. The van der Waals surface area contributed by atoms with E-state index in [1.807, 2.05) is 95.3 Å². The summed E-state index contributed by atoms with van der Waals surface area (Å²) < 4.78 is 29.6. The summed E-state index contributed by atoms with van der Waals surface area (Å²) in [6, 6.07) is 28.6. The minimum absolute atomic E-state index is 0.0895. The number of carbonyl (C=O) groups is 2. The number of nitrogens with zero attached hydrogens (tertiary/aromatic N) is 2. The fourth-order valence-electron chi connectivity index (χ4n) is 5.27. The minimum Gasteiger partial charge on any atom is -0.354 e. The molecule has 0 saturated carbocycles. The van der Waals surface area contributed by atoms with E-state index < -0.39 is 28.5 Å². The molecule has 0 radical (unpaired) electrons. The van der Waals surface area contributed by atoms with Crippen LogP contribution >= 0.6 is 0 Å². The van der Waals surface area contributed by atoms with E-state index >= 15 is 0 Å². The van der Waals surface area contributed by atoms with Crippen molar-refractivity contribution in [3.8, 4) is 0 Å². The molecular formula is C37H43N3O4S. The molecule has 4 aromatic rings. The van der Waals surface area contributed by atoms with Gasteiger partial charge in [-0.05, 0) is 80.6 Å². The summed E-state index contributed by atoms with van der Waals surface area (Å²) in [5.74, 6) is -0.751. The number of anilines is 1. The lowest BCUT2D eigenvalue weighted by Gasteiger charge is -2.34. The fourth-order valence-corrected chi connectivity index (χ4v) is 6.67. The van der Waals surface area contributed by atoms with E-state index in [1.54, 1.807) is 36.4 Å². The van der Waals surface area contributed by atoms with E-state index in [9.17, 15) is 18.0 Å². The lowest BCUT2D eigenvalue weighted by molar-refractivity contribution is -0.140. The Bertz CT molecular complexity index is 1680. The molecule has 0 aliphatic rings. The molecule has 0 aliphatic heterocycles. The van der Waals surface area contributed by atoms with Crippen LogP contribution in [0.1, 0.15) is 46.7 Å². The van der Waals surface area contributed by atoms with Crippen LogP contribution in [0, 0.1) is 27.7 Å². The molecular weight excluding hydrogens is 582 g/mol. The van der Waals surface area contributed by atoms with Crippen molar-refractivity contribution >= 4 is 27.5 Å². The largest absolute Gasteiger partial charge is 0.354 e. The third-order valence-electron chi connectivity index (χ3n) is 7.68. The van der Waals surface area contributed by atoms with Gasteiger partial charge in [0, 0.05) is 19.5 Å². The maximum atomic E-state index is 14.5. The first kappa shape index (κ1) is 33.5. The van der Waals surface area contributed by atoms with Crippen LogP contribution in [0.3, 0.4) is 0 Å². The Kier molecular flexibility index (Phi) is 11.2. The molecule has 45 heavy (non-hydrogen) atoms. The zero-order chi connectivity index (χ0) is 32.6. The Labute approximate surface area is 268 Å². The molecule has 0 unspecified atom stereocenters. The number of hydrogen-bond acceptors (Lipinski definition) is 4. The summed E-state index contributed by atoms with van der Waals surface area (Å²) in [6.07, 6.45) is 1.02. The number of rotatable bonds is 13. The van der Waals surface area contributed by atoms with E-state index in [4.69, 9.17) is 0 Å². The topological polar surface area (TPSA) is 86.8 Å². The minimum atomic E-state index is -4.15. The second-order valence-corrected chi connectivity index (χ2v) is 13.5. The molecule has 4 aromatic carbocycles. The first-order chi connectivity index (χ1) is 21.5. The van der Waals surface area contributed by atoms with Crippen LogP contribution in [-0.4, -0.2) is 44.3 Å². The third kappa shape index (κ3) is 8.82. The smallest absolute Gasteiger partial charge is 0.264 e. The summed E-state index contributed by atoms with van der Waals surface area (Å²) in [5.41, 5.74) is 5.88. The molecule has 1 N–H and O–H groups in total. The second kappa shape index (κ2) is 15.0. The van der Waals surface area contributed by atoms with Gasteiger partial charge in [-0.1, -0.05) is 90.8 Å². The molecule has 0 aliphatic carbocycles. The Hall–Kier alpha value is -4.43. The predicted molar refractivity (Wildman–Crippen MR) is 181 cm³/mol. The van der Waals surface area contributed by atoms with Gasteiger partial charge < -0.3 is 10.2 Å². The Morgan fingerprint density at radius 3 is 1.89 bits per heavy atom. The Morgan fingerprint density at radius 1 is 0.733 bits per heavy atom. The average Bonchev–Trinajstić information content (AvgIpc) is 3.01. The van der Waals surface area contributed by atoms with Crippen molar-refractivity contribution in [3.05, 3.63) is 130 Å². The molecule has 0 fully saturated rings. The predicted octanol–water partition coefficient (Wildman–Crippen LogP) is 6.28. The van der Waals surface area contributed by atoms with E-state index in [0.29, 0.717) is 12.2 Å². The van der Waals surface area contributed by atoms with E-state index in [0.717, 1.165) is 39.8 Å². The maximum Gasteiger partial charge on any atom is 0.264 e. The van der Waals surface area contributed by atoms with Crippen LogP contribution in [0.25, 0.3) is 0 Å². The van der Waals surface area contributed by atoms with Gasteiger partial charge in [0.05, 0.1) is 10.6 Å². The molecule has 1 atom stereocenters. The average molecular weight is 626 g/mol. The molecule has 4 rings (SSSR count). The van der Waals surface area contributed by atoms with Crippen molar-refractivity contribution < 1.29 is 18.0 Å². The zero-order valence-corrected chi connectivity index (χ0v) is 27.6. The quantitative estimate of drug-likeness (QED) is 0.190. The first-order valence-corrected chi connectivity index (χ1v) is 16.8. The Balaban J connectivity index is 1.81. The normalized spacial score (nSPS) is 11.9. The number of nitrogens with one attached hydrogen (secondary N) is 1. The Morgan fingerprint density at radius 2 is 1.31 bits per heavy atom. The van der Waals surface area contributed by atoms with Gasteiger partial charge >= 0.3 is 0 Å². The van der Waals surface area contributed by atoms with Crippen molar-refractivity contribution in [1.29, 1.82) is 0 Å². The fraction of sp³-hybridized carbons (Fsp3) is 0.297. The van der Waals surface area contributed by atoms with Crippen LogP contribution in [0.5, 0.6) is 0 Å². The van der Waals surface area contributed by atoms with Gasteiger partial charge in [0.2, 0.25) is 11.8 Å². The molecule has 8 heteroatoms. The van der Waals surface area contributed by atoms with E-state index in [1.165, 1.54) is 9.21 Å². The summed E-state index contributed by atoms with van der Waals surface area (Å²) in [4.78, 5) is 29.9. The van der Waals surface area contributed by atoms with Crippen LogP contribution < -0.4 is 9.62 Å². The highest BCUT2D eigenvalue weighted by atomic mass is 32.2. The van der Waals surface area contributed by atoms with Gasteiger partial charge in [0.1, 0.15) is 12.6 Å². The lowest BCUT2D eigenvalue weighted by Crippen LogP contribution is -2.53. The maximum absolute atomic E-state index is 14.5. The van der Waals surface area contributed by atoms with Crippen LogP contribution in [0.4, 0.5) is 5.69 Å². The zero-order valence-electron chi connectivity index (χ0n) is 26.8. The van der Waals surface area contributed by atoms with Gasteiger partial charge in [-0.25, -0.2) is 8.42 Å². The van der Waals surface area contributed by atoms with Crippen LogP contribution in [-0.2, 0) is 32.6 Å². The van der Waals surface area contributed by atoms with Gasteiger partial charge in [0.25, 0.3) is 10.0 Å². The first-order valence-electron chi connectivity index (χ1n) is 15.3. The molecule has 2 amide bonds. The molecule has 0 saturated heterocycles. The van der Waals surface area contributed by atoms with Gasteiger partial charge in [-0.15, -0.1) is 0 Å². The van der Waals surface area contributed by atoms with Crippen molar-refractivity contribution in [3.63, 3.8) is 0 Å². The summed E-state index contributed by atoms with van der Waals surface area (Å²) in [7, 11) is -4.15. The lowest BCUT2D eigenvalue weighted by atomic mass is 10.0. The number of benzene rings is 4. The van der Waals surface area contributed by atoms with Crippen molar-refractivity contribution in [2.24, 2.45) is 0 Å². The van der Waals surface area contributed by atoms with Gasteiger partial charge in [-0.3, -0.25) is 13.9 Å².